The number of sulfonamides is 1. The molecule has 0 aliphatic carbocycles. The van der Waals surface area contributed by atoms with Crippen molar-refractivity contribution in [1.82, 2.24) is 9.62 Å². The van der Waals surface area contributed by atoms with Crippen LogP contribution in [0.25, 0.3) is 0 Å². The van der Waals surface area contributed by atoms with Gasteiger partial charge in [-0.15, -0.1) is 0 Å². The lowest BCUT2D eigenvalue weighted by atomic mass is 9.99. The Kier molecular flexibility index (Phi) is 7.55. The van der Waals surface area contributed by atoms with Crippen LogP contribution in [-0.2, 0) is 21.2 Å². The Morgan fingerprint density at radius 2 is 1.81 bits per heavy atom. The molecule has 1 aliphatic heterocycles. The highest BCUT2D eigenvalue weighted by Crippen LogP contribution is 2.24. The first-order valence-electron chi connectivity index (χ1n) is 9.83. The van der Waals surface area contributed by atoms with Gasteiger partial charge in [0.2, 0.25) is 15.9 Å². The van der Waals surface area contributed by atoms with Crippen molar-refractivity contribution in [2.45, 2.75) is 30.8 Å². The van der Waals surface area contributed by atoms with Crippen molar-refractivity contribution in [3.05, 3.63) is 59.9 Å². The van der Waals surface area contributed by atoms with E-state index in [1.165, 1.54) is 28.6 Å². The summed E-state index contributed by atoms with van der Waals surface area (Å²) in [6.07, 6.45) is 1.61. The van der Waals surface area contributed by atoms with E-state index in [0.717, 1.165) is 17.7 Å². The quantitative estimate of drug-likeness (QED) is 0.662. The van der Waals surface area contributed by atoms with Crippen LogP contribution in [0.1, 0.15) is 18.4 Å². The van der Waals surface area contributed by atoms with Crippen LogP contribution in [0.15, 0.2) is 53.4 Å². The topological polar surface area (TPSA) is 75.7 Å². The molecule has 0 aromatic heterocycles. The molecule has 168 valence electrons. The van der Waals surface area contributed by atoms with Gasteiger partial charge >= 0.3 is 6.61 Å². The van der Waals surface area contributed by atoms with Gasteiger partial charge in [0.05, 0.1) is 10.8 Å². The molecule has 10 heteroatoms. The number of nitrogens with one attached hydrogen (secondary N) is 1. The number of hydrogen-bond donors (Lipinski definition) is 1. The normalized spacial score (nSPS) is 17.5. The summed E-state index contributed by atoms with van der Waals surface area (Å²) < 4.78 is 68.6. The summed E-state index contributed by atoms with van der Waals surface area (Å²) >= 11 is 0. The third kappa shape index (κ3) is 6.20. The van der Waals surface area contributed by atoms with Gasteiger partial charge < -0.3 is 10.1 Å². The Hall–Kier alpha value is -2.59. The van der Waals surface area contributed by atoms with E-state index in [0.29, 0.717) is 32.4 Å². The minimum absolute atomic E-state index is 0.00535. The number of benzene rings is 2. The smallest absolute Gasteiger partial charge is 0.387 e. The fourth-order valence-corrected chi connectivity index (χ4v) is 4.97. The van der Waals surface area contributed by atoms with Gasteiger partial charge in [-0.3, -0.25) is 4.79 Å². The maximum Gasteiger partial charge on any atom is 0.387 e. The van der Waals surface area contributed by atoms with Gasteiger partial charge in [-0.1, -0.05) is 12.1 Å². The van der Waals surface area contributed by atoms with Gasteiger partial charge in [0.25, 0.3) is 0 Å². The standard InChI is InChI=1S/C21H23F3N2O4S/c22-17-5-9-19(10-6-17)31(28,29)26-13-1-2-16(14-26)20(27)25-12-11-15-3-7-18(8-4-15)30-21(23)24/h3-10,16,21H,1-2,11-14H2,(H,25,27). The first kappa shape index (κ1) is 23.1. The predicted octanol–water partition coefficient (Wildman–Crippen LogP) is 3.19. The second-order valence-corrected chi connectivity index (χ2v) is 9.16. The fraction of sp³-hybridized carbons (Fsp3) is 0.381. The monoisotopic (exact) mass is 456 g/mol. The zero-order chi connectivity index (χ0) is 22.4. The molecule has 0 saturated carbocycles. The molecule has 1 saturated heterocycles. The number of carbonyl (C=O) groups is 1. The number of amides is 1. The second kappa shape index (κ2) is 10.1. The second-order valence-electron chi connectivity index (χ2n) is 7.22. The molecule has 3 rings (SSSR count). The zero-order valence-electron chi connectivity index (χ0n) is 16.6. The summed E-state index contributed by atoms with van der Waals surface area (Å²) in [7, 11) is -3.80. The molecule has 0 spiro atoms. The SMILES string of the molecule is O=C(NCCc1ccc(OC(F)F)cc1)C1CCCN(S(=O)(=O)c2ccc(F)cc2)C1. The molecule has 1 unspecified atom stereocenters. The summed E-state index contributed by atoms with van der Waals surface area (Å²) in [5.74, 6) is -1.18. The van der Waals surface area contributed by atoms with E-state index in [2.05, 4.69) is 10.1 Å². The third-order valence-corrected chi connectivity index (χ3v) is 6.95. The largest absolute Gasteiger partial charge is 0.435 e. The molecule has 6 nitrogen and oxygen atoms in total. The van der Waals surface area contributed by atoms with Crippen LogP contribution in [0, 0.1) is 11.7 Å². The molecule has 1 N–H and O–H groups in total. The van der Waals surface area contributed by atoms with E-state index in [-0.39, 0.29) is 23.1 Å². The highest BCUT2D eigenvalue weighted by molar-refractivity contribution is 7.89. The molecule has 1 fully saturated rings. The van der Waals surface area contributed by atoms with Crippen molar-refractivity contribution >= 4 is 15.9 Å². The van der Waals surface area contributed by atoms with Gasteiger partial charge in [-0.05, 0) is 61.2 Å². The van der Waals surface area contributed by atoms with Crippen LogP contribution in [-0.4, -0.2) is 44.9 Å². The number of piperidine rings is 1. The van der Waals surface area contributed by atoms with Crippen molar-refractivity contribution in [2.24, 2.45) is 5.92 Å². The summed E-state index contributed by atoms with van der Waals surface area (Å²) in [5, 5.41) is 2.81. The van der Waals surface area contributed by atoms with Crippen LogP contribution < -0.4 is 10.1 Å². The number of ether oxygens (including phenoxy) is 1. The lowest BCUT2D eigenvalue weighted by Crippen LogP contribution is -2.45. The maximum absolute atomic E-state index is 13.1. The van der Waals surface area contributed by atoms with Gasteiger partial charge in [0.1, 0.15) is 11.6 Å². The highest BCUT2D eigenvalue weighted by Gasteiger charge is 2.33. The molecular weight excluding hydrogens is 433 g/mol. The Morgan fingerprint density at radius 1 is 1.13 bits per heavy atom. The van der Waals surface area contributed by atoms with Crippen molar-refractivity contribution in [1.29, 1.82) is 0 Å². The van der Waals surface area contributed by atoms with Gasteiger partial charge in [0.15, 0.2) is 0 Å². The van der Waals surface area contributed by atoms with Crippen molar-refractivity contribution in [3.8, 4) is 5.75 Å². The molecule has 0 bridgehead atoms. The number of halogens is 3. The van der Waals surface area contributed by atoms with Crippen LogP contribution >= 0.6 is 0 Å². The minimum Gasteiger partial charge on any atom is -0.435 e. The summed E-state index contributed by atoms with van der Waals surface area (Å²) in [6.45, 7) is -2.19. The number of nitrogens with zero attached hydrogens (tertiary/aromatic N) is 1. The molecule has 2 aromatic carbocycles. The summed E-state index contributed by atoms with van der Waals surface area (Å²) in [6, 6.07) is 10.8. The highest BCUT2D eigenvalue weighted by atomic mass is 32.2. The van der Waals surface area contributed by atoms with Gasteiger partial charge in [-0.2, -0.15) is 13.1 Å². The molecule has 1 amide bonds. The van der Waals surface area contributed by atoms with Gasteiger partial charge in [-0.25, -0.2) is 12.8 Å². The predicted molar refractivity (Wildman–Crippen MR) is 108 cm³/mol. The van der Waals surface area contributed by atoms with E-state index in [4.69, 9.17) is 0 Å². The van der Waals surface area contributed by atoms with Crippen molar-refractivity contribution < 1.29 is 31.1 Å². The van der Waals surface area contributed by atoms with E-state index < -0.39 is 28.4 Å². The minimum atomic E-state index is -3.80. The molecule has 2 aromatic rings. The lowest BCUT2D eigenvalue weighted by Gasteiger charge is -2.31. The van der Waals surface area contributed by atoms with E-state index in [9.17, 15) is 26.4 Å². The molecule has 1 atom stereocenters. The number of rotatable bonds is 8. The van der Waals surface area contributed by atoms with Crippen LogP contribution in [0.5, 0.6) is 5.75 Å². The summed E-state index contributed by atoms with van der Waals surface area (Å²) in [4.78, 5) is 12.5. The number of hydrogen-bond acceptors (Lipinski definition) is 4. The zero-order valence-corrected chi connectivity index (χ0v) is 17.5. The molecular formula is C21H23F3N2O4S. The van der Waals surface area contributed by atoms with Crippen LogP contribution in [0.3, 0.4) is 0 Å². The maximum atomic E-state index is 13.1. The molecule has 31 heavy (non-hydrogen) atoms. The van der Waals surface area contributed by atoms with E-state index in [1.807, 2.05) is 0 Å². The van der Waals surface area contributed by atoms with Crippen molar-refractivity contribution in [3.63, 3.8) is 0 Å². The van der Waals surface area contributed by atoms with Crippen LogP contribution in [0.4, 0.5) is 13.2 Å². The van der Waals surface area contributed by atoms with Crippen LogP contribution in [0.2, 0.25) is 0 Å². The Bertz CT molecular complexity index is 983. The molecule has 0 radical (unpaired) electrons. The number of carbonyl (C=O) groups excluding carboxylic acids is 1. The lowest BCUT2D eigenvalue weighted by molar-refractivity contribution is -0.126. The average Bonchev–Trinajstić information content (AvgIpc) is 2.75. The van der Waals surface area contributed by atoms with Gasteiger partial charge in [0, 0.05) is 19.6 Å². The Labute approximate surface area is 179 Å². The first-order chi connectivity index (χ1) is 14.8. The third-order valence-electron chi connectivity index (χ3n) is 5.07. The Balaban J connectivity index is 1.52. The first-order valence-corrected chi connectivity index (χ1v) is 11.3. The van der Waals surface area contributed by atoms with Crippen molar-refractivity contribution in [2.75, 3.05) is 19.6 Å². The molecule has 1 aliphatic rings. The summed E-state index contributed by atoms with van der Waals surface area (Å²) in [5.41, 5.74) is 0.839. The number of alkyl halides is 2. The fourth-order valence-electron chi connectivity index (χ4n) is 3.44. The Morgan fingerprint density at radius 3 is 2.45 bits per heavy atom. The van der Waals surface area contributed by atoms with E-state index in [1.54, 1.807) is 12.1 Å². The van der Waals surface area contributed by atoms with E-state index >= 15 is 0 Å². The average molecular weight is 456 g/mol. The molecule has 1 heterocycles.